The Morgan fingerprint density at radius 2 is 2.00 bits per heavy atom. The first-order chi connectivity index (χ1) is 9.67. The Morgan fingerprint density at radius 1 is 1.35 bits per heavy atom. The van der Waals surface area contributed by atoms with Crippen molar-refractivity contribution in [2.75, 3.05) is 7.05 Å². The Labute approximate surface area is 127 Å². The molecule has 0 aliphatic heterocycles. The van der Waals surface area contributed by atoms with E-state index < -0.39 is 0 Å². The minimum absolute atomic E-state index is 0.556. The zero-order valence-electron chi connectivity index (χ0n) is 12.8. The monoisotopic (exact) mass is 295 g/mol. The summed E-state index contributed by atoms with van der Waals surface area (Å²) in [5, 5.41) is 8.98. The minimum atomic E-state index is 0.556. The molecule has 1 heterocycles. The van der Waals surface area contributed by atoms with Crippen molar-refractivity contribution < 1.29 is 0 Å². The van der Waals surface area contributed by atoms with E-state index in [4.69, 9.17) is 11.6 Å². The number of nitrogens with one attached hydrogen (secondary N) is 1. The van der Waals surface area contributed by atoms with Crippen molar-refractivity contribution in [3.63, 3.8) is 0 Å². The van der Waals surface area contributed by atoms with Gasteiger partial charge in [0.1, 0.15) is 0 Å². The molecule has 20 heavy (non-hydrogen) atoms. The number of halogens is 1. The van der Waals surface area contributed by atoms with Gasteiger partial charge in [-0.05, 0) is 44.1 Å². The van der Waals surface area contributed by atoms with Gasteiger partial charge in [-0.25, -0.2) is 0 Å². The molecule has 1 aromatic heterocycles. The zero-order valence-corrected chi connectivity index (χ0v) is 13.6. The highest BCUT2D eigenvalue weighted by atomic mass is 35.5. The van der Waals surface area contributed by atoms with Gasteiger partial charge in [-0.3, -0.25) is 4.68 Å². The molecule has 0 amide bonds. The lowest BCUT2D eigenvalue weighted by atomic mass is 10.0. The van der Waals surface area contributed by atoms with E-state index in [9.17, 15) is 0 Å². The van der Waals surface area contributed by atoms with Crippen LogP contribution in [0.2, 0.25) is 5.02 Å². The molecule has 0 saturated heterocycles. The molecule has 3 atom stereocenters. The number of aromatic nitrogens is 2. The van der Waals surface area contributed by atoms with Crippen LogP contribution in [-0.4, -0.2) is 22.9 Å². The summed E-state index contributed by atoms with van der Waals surface area (Å²) in [6, 6.07) is 0.556. The fourth-order valence-corrected chi connectivity index (χ4v) is 4.70. The third kappa shape index (κ3) is 2.39. The maximum atomic E-state index is 6.50. The third-order valence-electron chi connectivity index (χ3n) is 5.47. The molecule has 2 fully saturated rings. The lowest BCUT2D eigenvalue weighted by Gasteiger charge is -2.17. The quantitative estimate of drug-likeness (QED) is 0.904. The van der Waals surface area contributed by atoms with Gasteiger partial charge in [0, 0.05) is 19.5 Å². The normalized spacial score (nSPS) is 30.1. The summed E-state index contributed by atoms with van der Waals surface area (Å²) in [5.74, 6) is 2.80. The Morgan fingerprint density at radius 3 is 2.50 bits per heavy atom. The first-order valence-corrected chi connectivity index (χ1v) is 8.42. The summed E-state index contributed by atoms with van der Waals surface area (Å²) in [6.45, 7) is 2.11. The summed E-state index contributed by atoms with van der Waals surface area (Å²) in [7, 11) is 4.12. The van der Waals surface area contributed by atoms with Gasteiger partial charge in [-0.15, -0.1) is 0 Å². The van der Waals surface area contributed by atoms with E-state index in [0.29, 0.717) is 6.04 Å². The largest absolute Gasteiger partial charge is 0.316 e. The summed E-state index contributed by atoms with van der Waals surface area (Å²) >= 11 is 6.50. The third-order valence-corrected chi connectivity index (χ3v) is 5.91. The molecular formula is C16H26ClN3. The van der Waals surface area contributed by atoms with E-state index in [0.717, 1.165) is 41.3 Å². The van der Waals surface area contributed by atoms with E-state index in [1.807, 2.05) is 11.7 Å². The first kappa shape index (κ1) is 14.4. The standard InChI is InChI=1S/C16H26ClN3/c1-4-12-16(17)14(20(3)19-12)9-13(18-2)15-10-7-5-6-8-11(10)15/h10-11,13,15,18H,4-9H2,1-3H3. The number of aryl methyl sites for hydroxylation is 2. The minimum Gasteiger partial charge on any atom is -0.316 e. The number of nitrogens with zero attached hydrogens (tertiary/aromatic N) is 2. The lowest BCUT2D eigenvalue weighted by Crippen LogP contribution is -2.32. The molecule has 3 rings (SSSR count). The van der Waals surface area contributed by atoms with Gasteiger partial charge in [-0.1, -0.05) is 31.4 Å². The van der Waals surface area contributed by atoms with Crippen LogP contribution in [-0.2, 0) is 19.9 Å². The molecule has 112 valence electrons. The van der Waals surface area contributed by atoms with Crippen molar-refractivity contribution in [3.05, 3.63) is 16.4 Å². The zero-order chi connectivity index (χ0) is 14.3. The molecule has 0 bridgehead atoms. The summed E-state index contributed by atoms with van der Waals surface area (Å²) in [4.78, 5) is 0. The van der Waals surface area contributed by atoms with Gasteiger partial charge < -0.3 is 5.32 Å². The van der Waals surface area contributed by atoms with Crippen LogP contribution in [0, 0.1) is 17.8 Å². The second kappa shape index (κ2) is 5.69. The van der Waals surface area contributed by atoms with Gasteiger partial charge in [0.15, 0.2) is 0 Å². The van der Waals surface area contributed by atoms with E-state index >= 15 is 0 Å². The maximum Gasteiger partial charge on any atom is 0.0850 e. The average Bonchev–Trinajstić information content (AvgIpc) is 3.12. The van der Waals surface area contributed by atoms with Gasteiger partial charge in [0.25, 0.3) is 0 Å². The summed E-state index contributed by atoms with van der Waals surface area (Å²) in [6.07, 6.45) is 7.66. The summed E-state index contributed by atoms with van der Waals surface area (Å²) in [5.41, 5.74) is 2.23. The highest BCUT2D eigenvalue weighted by Gasteiger charge is 2.53. The molecule has 2 aliphatic carbocycles. The Hall–Kier alpha value is -0.540. The van der Waals surface area contributed by atoms with Crippen molar-refractivity contribution in [3.8, 4) is 0 Å². The molecule has 2 aliphatic rings. The van der Waals surface area contributed by atoms with Crippen molar-refractivity contribution >= 4 is 11.6 Å². The van der Waals surface area contributed by atoms with Gasteiger partial charge in [0.2, 0.25) is 0 Å². The molecular weight excluding hydrogens is 270 g/mol. The van der Waals surface area contributed by atoms with Crippen LogP contribution in [0.15, 0.2) is 0 Å². The number of hydrogen-bond donors (Lipinski definition) is 1. The molecule has 0 spiro atoms. The smallest absolute Gasteiger partial charge is 0.0850 e. The van der Waals surface area contributed by atoms with Crippen LogP contribution in [0.4, 0.5) is 0 Å². The van der Waals surface area contributed by atoms with Crippen LogP contribution in [0.5, 0.6) is 0 Å². The second-order valence-electron chi connectivity index (χ2n) is 6.47. The number of hydrogen-bond acceptors (Lipinski definition) is 2. The van der Waals surface area contributed by atoms with Gasteiger partial charge in [-0.2, -0.15) is 5.10 Å². The van der Waals surface area contributed by atoms with Crippen LogP contribution >= 0.6 is 11.6 Å². The van der Waals surface area contributed by atoms with Crippen LogP contribution in [0.25, 0.3) is 0 Å². The predicted molar refractivity (Wildman–Crippen MR) is 83.1 cm³/mol. The Kier molecular flexibility index (Phi) is 4.09. The van der Waals surface area contributed by atoms with Crippen molar-refractivity contribution in [2.24, 2.45) is 24.8 Å². The van der Waals surface area contributed by atoms with E-state index in [2.05, 4.69) is 24.4 Å². The first-order valence-electron chi connectivity index (χ1n) is 8.04. The SMILES string of the molecule is CCc1nn(C)c(CC(NC)C2C3CCCCC32)c1Cl. The molecule has 3 unspecified atom stereocenters. The second-order valence-corrected chi connectivity index (χ2v) is 6.85. The lowest BCUT2D eigenvalue weighted by molar-refractivity contribution is 0.448. The predicted octanol–water partition coefficient (Wildman–Crippen LogP) is 3.20. The molecule has 2 saturated carbocycles. The molecule has 1 N–H and O–H groups in total. The average molecular weight is 296 g/mol. The Bertz CT molecular complexity index is 470. The van der Waals surface area contributed by atoms with Crippen molar-refractivity contribution in [1.82, 2.24) is 15.1 Å². The highest BCUT2D eigenvalue weighted by molar-refractivity contribution is 6.31. The van der Waals surface area contributed by atoms with Crippen molar-refractivity contribution in [1.29, 1.82) is 0 Å². The highest BCUT2D eigenvalue weighted by Crippen LogP contribution is 2.57. The van der Waals surface area contributed by atoms with E-state index in [-0.39, 0.29) is 0 Å². The summed E-state index contributed by atoms with van der Waals surface area (Å²) < 4.78 is 1.98. The van der Waals surface area contributed by atoms with Crippen LogP contribution in [0.1, 0.15) is 44.0 Å². The number of rotatable bonds is 5. The molecule has 1 aromatic rings. The van der Waals surface area contributed by atoms with E-state index in [1.165, 1.54) is 31.4 Å². The Balaban J connectivity index is 1.74. The molecule has 4 heteroatoms. The van der Waals surface area contributed by atoms with Gasteiger partial charge >= 0.3 is 0 Å². The maximum absolute atomic E-state index is 6.50. The number of fused-ring (bicyclic) bond motifs is 1. The number of likely N-dealkylation sites (N-methyl/N-ethyl adjacent to an activating group) is 1. The van der Waals surface area contributed by atoms with E-state index in [1.54, 1.807) is 0 Å². The fourth-order valence-electron chi connectivity index (χ4n) is 4.33. The van der Waals surface area contributed by atoms with Crippen LogP contribution < -0.4 is 5.32 Å². The molecule has 0 radical (unpaired) electrons. The van der Waals surface area contributed by atoms with Crippen LogP contribution in [0.3, 0.4) is 0 Å². The topological polar surface area (TPSA) is 29.9 Å². The molecule has 3 nitrogen and oxygen atoms in total. The van der Waals surface area contributed by atoms with Gasteiger partial charge in [0.05, 0.1) is 16.4 Å². The molecule has 0 aromatic carbocycles. The fraction of sp³-hybridized carbons (Fsp3) is 0.812. The van der Waals surface area contributed by atoms with Crippen molar-refractivity contribution in [2.45, 2.75) is 51.5 Å².